The lowest BCUT2D eigenvalue weighted by molar-refractivity contribution is 0.0999. The van der Waals surface area contributed by atoms with Crippen LogP contribution in [0.2, 0.25) is 0 Å². The van der Waals surface area contributed by atoms with Gasteiger partial charge in [-0.3, -0.25) is 9.78 Å². The van der Waals surface area contributed by atoms with Crippen LogP contribution in [0.1, 0.15) is 16.1 Å². The summed E-state index contributed by atoms with van der Waals surface area (Å²) in [5.74, 6) is -0.407. The van der Waals surface area contributed by atoms with E-state index in [1.165, 1.54) is 0 Å². The van der Waals surface area contributed by atoms with Crippen LogP contribution in [-0.4, -0.2) is 15.5 Å². The third kappa shape index (κ3) is 1.58. The molecule has 0 fully saturated rings. The normalized spacial score (nSPS) is 10.4. The van der Waals surface area contributed by atoms with Crippen LogP contribution < -0.4 is 5.73 Å². The number of nitrogens with two attached hydrogens (primary N) is 1. The number of aromatic nitrogens is 2. The number of nitrogens with zero attached hydrogens (tertiary/aromatic N) is 2. The molecule has 2 aromatic heterocycles. The molecule has 0 aromatic carbocycles. The van der Waals surface area contributed by atoms with Gasteiger partial charge < -0.3 is 10.3 Å². The molecule has 2 N–H and O–H groups in total. The number of hydrogen-bond donors (Lipinski definition) is 1. The molecule has 82 valence electrons. The third-order valence-corrected chi connectivity index (χ3v) is 2.73. The fourth-order valence-electron chi connectivity index (χ4n) is 1.71. The Hall–Kier alpha value is -2.10. The quantitative estimate of drug-likeness (QED) is 0.825. The Labute approximate surface area is 93.7 Å². The Kier molecular flexibility index (Phi) is 2.48. The van der Waals surface area contributed by atoms with Crippen molar-refractivity contribution in [2.24, 2.45) is 12.8 Å². The van der Waals surface area contributed by atoms with E-state index in [0.29, 0.717) is 5.56 Å². The summed E-state index contributed by atoms with van der Waals surface area (Å²) in [4.78, 5) is 15.5. The standard InChI is InChI=1S/C12H13N3O/c1-8-9(12(13)16)7-11(15(8)2)10-5-3-4-6-14-10/h3-7H,1-2H3,(H2,13,16). The molecule has 0 radical (unpaired) electrons. The monoisotopic (exact) mass is 215 g/mol. The number of carbonyl (C=O) groups excluding carboxylic acids is 1. The van der Waals surface area contributed by atoms with Crippen molar-refractivity contribution in [3.8, 4) is 11.4 Å². The lowest BCUT2D eigenvalue weighted by Crippen LogP contribution is -2.11. The Morgan fingerprint density at radius 1 is 1.44 bits per heavy atom. The zero-order chi connectivity index (χ0) is 11.7. The molecule has 0 aliphatic carbocycles. The van der Waals surface area contributed by atoms with Gasteiger partial charge in [0.05, 0.1) is 17.0 Å². The highest BCUT2D eigenvalue weighted by Crippen LogP contribution is 2.22. The lowest BCUT2D eigenvalue weighted by Gasteiger charge is -2.03. The van der Waals surface area contributed by atoms with E-state index < -0.39 is 5.91 Å². The second-order valence-corrected chi connectivity index (χ2v) is 3.67. The van der Waals surface area contributed by atoms with Gasteiger partial charge in [0.1, 0.15) is 0 Å². The van der Waals surface area contributed by atoms with E-state index in [-0.39, 0.29) is 0 Å². The molecule has 1 amide bonds. The highest BCUT2D eigenvalue weighted by Gasteiger charge is 2.14. The van der Waals surface area contributed by atoms with Crippen LogP contribution >= 0.6 is 0 Å². The highest BCUT2D eigenvalue weighted by molar-refractivity contribution is 5.95. The van der Waals surface area contributed by atoms with Gasteiger partial charge in [-0.2, -0.15) is 0 Å². The van der Waals surface area contributed by atoms with E-state index in [1.807, 2.05) is 36.7 Å². The van der Waals surface area contributed by atoms with Gasteiger partial charge >= 0.3 is 0 Å². The molecule has 0 aliphatic rings. The highest BCUT2D eigenvalue weighted by atomic mass is 16.1. The van der Waals surface area contributed by atoms with Crippen molar-refractivity contribution in [2.45, 2.75) is 6.92 Å². The SMILES string of the molecule is Cc1c(C(N)=O)cc(-c2ccccn2)n1C. The first-order valence-corrected chi connectivity index (χ1v) is 4.99. The van der Waals surface area contributed by atoms with E-state index in [0.717, 1.165) is 17.1 Å². The molecule has 0 saturated carbocycles. The second kappa shape index (κ2) is 3.81. The predicted molar refractivity (Wildman–Crippen MR) is 61.9 cm³/mol. The number of hydrogen-bond acceptors (Lipinski definition) is 2. The molecule has 0 spiro atoms. The summed E-state index contributed by atoms with van der Waals surface area (Å²) in [6.07, 6.45) is 1.72. The van der Waals surface area contributed by atoms with Gasteiger partial charge in [0.2, 0.25) is 0 Å². The molecule has 2 rings (SSSR count). The number of carbonyl (C=O) groups is 1. The van der Waals surface area contributed by atoms with Crippen LogP contribution in [0.15, 0.2) is 30.5 Å². The average molecular weight is 215 g/mol. The van der Waals surface area contributed by atoms with Crippen LogP contribution in [0.25, 0.3) is 11.4 Å². The minimum absolute atomic E-state index is 0.407. The molecule has 4 heteroatoms. The van der Waals surface area contributed by atoms with Crippen molar-refractivity contribution in [3.05, 3.63) is 41.7 Å². The summed E-state index contributed by atoms with van der Waals surface area (Å²) < 4.78 is 1.92. The van der Waals surface area contributed by atoms with E-state index >= 15 is 0 Å². The first kappa shape index (κ1) is 10.4. The Bertz CT molecular complexity index is 529. The summed E-state index contributed by atoms with van der Waals surface area (Å²) in [5.41, 5.74) is 8.43. The van der Waals surface area contributed by atoms with Crippen LogP contribution in [0.5, 0.6) is 0 Å². The summed E-state index contributed by atoms with van der Waals surface area (Å²) in [7, 11) is 1.89. The van der Waals surface area contributed by atoms with Crippen molar-refractivity contribution in [2.75, 3.05) is 0 Å². The number of pyridine rings is 1. The molecule has 2 aromatic rings. The largest absolute Gasteiger partial charge is 0.366 e. The third-order valence-electron chi connectivity index (χ3n) is 2.73. The molecule has 0 unspecified atom stereocenters. The second-order valence-electron chi connectivity index (χ2n) is 3.67. The predicted octanol–water partition coefficient (Wildman–Crippen LogP) is 1.49. The molecule has 4 nitrogen and oxygen atoms in total. The molecular weight excluding hydrogens is 202 g/mol. The van der Waals surface area contributed by atoms with E-state index in [2.05, 4.69) is 4.98 Å². The van der Waals surface area contributed by atoms with E-state index in [1.54, 1.807) is 12.3 Å². The van der Waals surface area contributed by atoms with Crippen molar-refractivity contribution in [1.82, 2.24) is 9.55 Å². The minimum Gasteiger partial charge on any atom is -0.366 e. The van der Waals surface area contributed by atoms with Crippen molar-refractivity contribution >= 4 is 5.91 Å². The summed E-state index contributed by atoms with van der Waals surface area (Å²) in [6, 6.07) is 7.45. The molecule has 0 atom stereocenters. The first-order valence-electron chi connectivity index (χ1n) is 4.99. The molecule has 0 bridgehead atoms. The summed E-state index contributed by atoms with van der Waals surface area (Å²) in [6.45, 7) is 1.87. The van der Waals surface area contributed by atoms with Gasteiger partial charge in [-0.25, -0.2) is 0 Å². The molecule has 2 heterocycles. The zero-order valence-electron chi connectivity index (χ0n) is 9.27. The molecule has 0 saturated heterocycles. The minimum atomic E-state index is -0.407. The van der Waals surface area contributed by atoms with Crippen LogP contribution in [0.4, 0.5) is 0 Å². The maximum absolute atomic E-state index is 11.2. The van der Waals surface area contributed by atoms with Crippen molar-refractivity contribution in [3.63, 3.8) is 0 Å². The number of amides is 1. The summed E-state index contributed by atoms with van der Waals surface area (Å²) in [5, 5.41) is 0. The van der Waals surface area contributed by atoms with E-state index in [4.69, 9.17) is 5.73 Å². The van der Waals surface area contributed by atoms with Gasteiger partial charge in [-0.05, 0) is 25.1 Å². The van der Waals surface area contributed by atoms with Crippen LogP contribution in [-0.2, 0) is 7.05 Å². The topological polar surface area (TPSA) is 60.9 Å². The number of rotatable bonds is 2. The Morgan fingerprint density at radius 2 is 2.19 bits per heavy atom. The Morgan fingerprint density at radius 3 is 2.69 bits per heavy atom. The fraction of sp³-hybridized carbons (Fsp3) is 0.167. The molecule has 0 aliphatic heterocycles. The molecular formula is C12H13N3O. The number of primary amides is 1. The maximum atomic E-state index is 11.2. The van der Waals surface area contributed by atoms with Crippen LogP contribution in [0.3, 0.4) is 0 Å². The maximum Gasteiger partial charge on any atom is 0.250 e. The fourth-order valence-corrected chi connectivity index (χ4v) is 1.71. The average Bonchev–Trinajstić information content (AvgIpc) is 2.58. The van der Waals surface area contributed by atoms with Crippen molar-refractivity contribution < 1.29 is 4.79 Å². The Balaban J connectivity index is 2.60. The van der Waals surface area contributed by atoms with Gasteiger partial charge in [0.15, 0.2) is 0 Å². The van der Waals surface area contributed by atoms with Gasteiger partial charge in [0, 0.05) is 18.9 Å². The van der Waals surface area contributed by atoms with E-state index in [9.17, 15) is 4.79 Å². The van der Waals surface area contributed by atoms with Gasteiger partial charge in [0.25, 0.3) is 5.91 Å². The molecule has 16 heavy (non-hydrogen) atoms. The van der Waals surface area contributed by atoms with Gasteiger partial charge in [-0.1, -0.05) is 6.07 Å². The lowest BCUT2D eigenvalue weighted by atomic mass is 10.2. The van der Waals surface area contributed by atoms with Crippen LogP contribution in [0, 0.1) is 6.92 Å². The van der Waals surface area contributed by atoms with Crippen molar-refractivity contribution in [1.29, 1.82) is 0 Å². The summed E-state index contributed by atoms with van der Waals surface area (Å²) >= 11 is 0. The smallest absolute Gasteiger partial charge is 0.250 e. The zero-order valence-corrected chi connectivity index (χ0v) is 9.27. The first-order chi connectivity index (χ1) is 7.61. The van der Waals surface area contributed by atoms with Gasteiger partial charge in [-0.15, -0.1) is 0 Å².